The number of amides is 1. The number of hydrogen-bond donors (Lipinski definition) is 2. The zero-order chi connectivity index (χ0) is 19.9. The summed E-state index contributed by atoms with van der Waals surface area (Å²) in [5, 5.41) is 13.0. The molecule has 1 unspecified atom stereocenters. The summed E-state index contributed by atoms with van der Waals surface area (Å²) >= 11 is 0. The smallest absolute Gasteiger partial charge is 0.339 e. The number of carbonyl (C=O) groups is 2. The van der Waals surface area contributed by atoms with Crippen molar-refractivity contribution in [3.8, 4) is 0 Å². The molecule has 0 aliphatic rings. The van der Waals surface area contributed by atoms with E-state index in [1.807, 2.05) is 26.8 Å². The number of aliphatic carboxylic acids is 1. The Labute approximate surface area is 155 Å². The Hall–Kier alpha value is -3.09. The first-order chi connectivity index (χ1) is 12.7. The molecule has 1 amide bonds. The molecule has 142 valence electrons. The summed E-state index contributed by atoms with van der Waals surface area (Å²) in [6.45, 7) is 7.05. The lowest BCUT2D eigenvalue weighted by molar-refractivity contribution is -0.141. The molecular weight excluding hydrogens is 350 g/mol. The Morgan fingerprint density at radius 3 is 2.37 bits per heavy atom. The SMILES string of the molecule is Cc1oc2cc3oc(=O)c(CCC(=O)NC(C)C(=O)O)c(C)c3cc2c1C. The molecule has 0 saturated carbocycles. The number of furan rings is 1. The van der Waals surface area contributed by atoms with Crippen molar-refractivity contribution in [3.05, 3.63) is 45.0 Å². The zero-order valence-electron chi connectivity index (χ0n) is 15.6. The van der Waals surface area contributed by atoms with E-state index in [0.717, 1.165) is 27.7 Å². The van der Waals surface area contributed by atoms with Gasteiger partial charge in [0.05, 0.1) is 0 Å². The molecule has 2 aromatic heterocycles. The molecule has 0 radical (unpaired) electrons. The van der Waals surface area contributed by atoms with Crippen LogP contribution in [0.1, 0.15) is 35.8 Å². The first-order valence-electron chi connectivity index (χ1n) is 8.67. The van der Waals surface area contributed by atoms with Gasteiger partial charge in [0.1, 0.15) is 23.0 Å². The third-order valence-electron chi connectivity index (χ3n) is 4.93. The topological polar surface area (TPSA) is 110 Å². The molecular formula is C20H21NO6. The normalized spacial score (nSPS) is 12.4. The number of carbonyl (C=O) groups excluding carboxylic acids is 1. The van der Waals surface area contributed by atoms with Crippen molar-refractivity contribution in [2.75, 3.05) is 0 Å². The van der Waals surface area contributed by atoms with Gasteiger partial charge in [0.25, 0.3) is 0 Å². The molecule has 7 nitrogen and oxygen atoms in total. The maximum Gasteiger partial charge on any atom is 0.339 e. The standard InChI is InChI=1S/C20H21NO6/c1-9-12(4)26-16-8-17-15(7-14(9)16)10(2)13(20(25)27-17)5-6-18(22)21-11(3)19(23)24/h7-8,11H,5-6H2,1-4H3,(H,21,22)(H,23,24). The minimum absolute atomic E-state index is 0.000811. The van der Waals surface area contributed by atoms with Gasteiger partial charge in [0.15, 0.2) is 0 Å². The highest BCUT2D eigenvalue weighted by atomic mass is 16.4. The first kappa shape index (κ1) is 18.7. The van der Waals surface area contributed by atoms with Crippen LogP contribution in [0.2, 0.25) is 0 Å². The lowest BCUT2D eigenvalue weighted by Crippen LogP contribution is -2.38. The molecule has 0 bridgehead atoms. The van der Waals surface area contributed by atoms with E-state index in [4.69, 9.17) is 13.9 Å². The minimum atomic E-state index is -1.11. The molecule has 2 heterocycles. The molecule has 3 aromatic rings. The monoisotopic (exact) mass is 371 g/mol. The molecule has 7 heteroatoms. The van der Waals surface area contributed by atoms with Crippen molar-refractivity contribution in [3.63, 3.8) is 0 Å². The van der Waals surface area contributed by atoms with Crippen molar-refractivity contribution in [2.45, 2.75) is 46.6 Å². The lowest BCUT2D eigenvalue weighted by atomic mass is 10.0. The average Bonchev–Trinajstić information content (AvgIpc) is 2.86. The van der Waals surface area contributed by atoms with Crippen LogP contribution in [-0.4, -0.2) is 23.0 Å². The summed E-state index contributed by atoms with van der Waals surface area (Å²) in [5.41, 5.74) is 2.79. The third-order valence-corrected chi connectivity index (χ3v) is 4.93. The van der Waals surface area contributed by atoms with Gasteiger partial charge in [-0.2, -0.15) is 0 Å². The van der Waals surface area contributed by atoms with Crippen LogP contribution in [0.5, 0.6) is 0 Å². The van der Waals surface area contributed by atoms with Crippen LogP contribution in [0.3, 0.4) is 0 Å². The van der Waals surface area contributed by atoms with Gasteiger partial charge in [0, 0.05) is 28.8 Å². The number of benzene rings is 1. The molecule has 2 N–H and O–H groups in total. The lowest BCUT2D eigenvalue weighted by Gasteiger charge is -2.10. The Bertz CT molecular complexity index is 1120. The molecule has 3 rings (SSSR count). The van der Waals surface area contributed by atoms with Gasteiger partial charge < -0.3 is 19.3 Å². The summed E-state index contributed by atoms with van der Waals surface area (Å²) in [7, 11) is 0. The highest BCUT2D eigenvalue weighted by Gasteiger charge is 2.18. The number of aryl methyl sites for hydroxylation is 3. The Kier molecular flexibility index (Phi) is 4.78. The first-order valence-corrected chi connectivity index (χ1v) is 8.67. The van der Waals surface area contributed by atoms with E-state index >= 15 is 0 Å². The van der Waals surface area contributed by atoms with Crippen LogP contribution in [0.25, 0.3) is 21.9 Å². The van der Waals surface area contributed by atoms with Crippen LogP contribution in [0, 0.1) is 20.8 Å². The van der Waals surface area contributed by atoms with E-state index in [1.54, 1.807) is 6.07 Å². The van der Waals surface area contributed by atoms with E-state index in [9.17, 15) is 14.4 Å². The van der Waals surface area contributed by atoms with Crippen molar-refractivity contribution in [2.24, 2.45) is 0 Å². The average molecular weight is 371 g/mol. The van der Waals surface area contributed by atoms with Crippen LogP contribution < -0.4 is 10.9 Å². The number of fused-ring (bicyclic) bond motifs is 2. The predicted molar refractivity (Wildman–Crippen MR) is 100 cm³/mol. The van der Waals surface area contributed by atoms with Crippen molar-refractivity contribution in [1.29, 1.82) is 0 Å². The maximum atomic E-state index is 12.4. The number of hydrogen-bond acceptors (Lipinski definition) is 5. The van der Waals surface area contributed by atoms with Gasteiger partial charge in [-0.25, -0.2) is 4.79 Å². The van der Waals surface area contributed by atoms with Crippen LogP contribution in [0.15, 0.2) is 25.8 Å². The Morgan fingerprint density at radius 1 is 1.07 bits per heavy atom. The van der Waals surface area contributed by atoms with Gasteiger partial charge >= 0.3 is 11.6 Å². The van der Waals surface area contributed by atoms with Crippen LogP contribution in [-0.2, 0) is 16.0 Å². The highest BCUT2D eigenvalue weighted by Crippen LogP contribution is 2.31. The second-order valence-corrected chi connectivity index (χ2v) is 6.75. The quantitative estimate of drug-likeness (QED) is 0.667. The number of carboxylic acid groups (broad SMARTS) is 1. The molecule has 1 atom stereocenters. The van der Waals surface area contributed by atoms with Gasteiger partial charge in [-0.15, -0.1) is 0 Å². The van der Waals surface area contributed by atoms with Crippen LogP contribution in [0.4, 0.5) is 0 Å². The summed E-state index contributed by atoms with van der Waals surface area (Å²) in [6.07, 6.45) is 0.171. The molecule has 0 saturated heterocycles. The van der Waals surface area contributed by atoms with Crippen LogP contribution >= 0.6 is 0 Å². The number of rotatable bonds is 5. The fourth-order valence-electron chi connectivity index (χ4n) is 3.13. The zero-order valence-corrected chi connectivity index (χ0v) is 15.6. The Balaban J connectivity index is 1.95. The summed E-state index contributed by atoms with van der Waals surface area (Å²) < 4.78 is 11.1. The van der Waals surface area contributed by atoms with E-state index < -0.39 is 23.5 Å². The largest absolute Gasteiger partial charge is 0.480 e. The molecule has 0 fully saturated rings. The maximum absolute atomic E-state index is 12.4. The molecule has 0 aliphatic carbocycles. The second kappa shape index (κ2) is 6.90. The molecule has 0 spiro atoms. The fourth-order valence-corrected chi connectivity index (χ4v) is 3.13. The number of carboxylic acids is 1. The van der Waals surface area contributed by atoms with E-state index in [2.05, 4.69) is 5.32 Å². The molecule has 1 aromatic carbocycles. The Morgan fingerprint density at radius 2 is 1.70 bits per heavy atom. The fraction of sp³-hybridized carbons (Fsp3) is 0.350. The summed E-state index contributed by atoms with van der Waals surface area (Å²) in [6, 6.07) is 2.67. The molecule has 27 heavy (non-hydrogen) atoms. The predicted octanol–water partition coefficient (Wildman–Crippen LogP) is 2.99. The van der Waals surface area contributed by atoms with Crippen molar-refractivity contribution in [1.82, 2.24) is 5.32 Å². The number of nitrogens with one attached hydrogen (secondary N) is 1. The van der Waals surface area contributed by atoms with Gasteiger partial charge in [0.2, 0.25) is 5.91 Å². The summed E-state index contributed by atoms with van der Waals surface area (Å²) in [5.74, 6) is -0.732. The highest BCUT2D eigenvalue weighted by molar-refractivity contribution is 5.96. The van der Waals surface area contributed by atoms with Gasteiger partial charge in [-0.05, 0) is 51.3 Å². The van der Waals surface area contributed by atoms with Gasteiger partial charge in [-0.3, -0.25) is 9.59 Å². The second-order valence-electron chi connectivity index (χ2n) is 6.75. The van der Waals surface area contributed by atoms with E-state index in [-0.39, 0.29) is 12.8 Å². The molecule has 0 aliphatic heterocycles. The van der Waals surface area contributed by atoms with Crippen molar-refractivity contribution < 1.29 is 23.5 Å². The summed E-state index contributed by atoms with van der Waals surface area (Å²) in [4.78, 5) is 35.1. The third kappa shape index (κ3) is 3.45. The van der Waals surface area contributed by atoms with Gasteiger partial charge in [-0.1, -0.05) is 0 Å². The minimum Gasteiger partial charge on any atom is -0.480 e. The van der Waals surface area contributed by atoms with E-state index in [1.165, 1.54) is 6.92 Å². The van der Waals surface area contributed by atoms with Crippen molar-refractivity contribution >= 4 is 33.8 Å². The van der Waals surface area contributed by atoms with E-state index in [0.29, 0.717) is 16.7 Å².